The highest BCUT2D eigenvalue weighted by Crippen LogP contribution is 2.51. The van der Waals surface area contributed by atoms with Gasteiger partial charge in [0, 0.05) is 18.2 Å². The summed E-state index contributed by atoms with van der Waals surface area (Å²) in [5, 5.41) is 16.7. The molecular weight excluding hydrogens is 408 g/mol. The monoisotopic (exact) mass is 433 g/mol. The van der Waals surface area contributed by atoms with E-state index in [1.54, 1.807) is 12.1 Å². The van der Waals surface area contributed by atoms with Crippen LogP contribution in [0.1, 0.15) is 37.7 Å². The number of carboxylic acids is 1. The van der Waals surface area contributed by atoms with Crippen LogP contribution >= 0.6 is 0 Å². The van der Waals surface area contributed by atoms with E-state index < -0.39 is 29.2 Å². The van der Waals surface area contributed by atoms with Crippen molar-refractivity contribution in [2.75, 3.05) is 24.9 Å². The van der Waals surface area contributed by atoms with Crippen molar-refractivity contribution >= 4 is 17.3 Å². The van der Waals surface area contributed by atoms with E-state index >= 15 is 0 Å². The van der Waals surface area contributed by atoms with Gasteiger partial charge < -0.3 is 25.2 Å². The summed E-state index contributed by atoms with van der Waals surface area (Å²) in [7, 11) is 2.89. The molecule has 0 saturated heterocycles. The summed E-state index contributed by atoms with van der Waals surface area (Å²) >= 11 is 0. The maximum atomic E-state index is 14.0. The Kier molecular flexibility index (Phi) is 5.60. The molecule has 2 aromatic rings. The lowest BCUT2D eigenvalue weighted by Gasteiger charge is -2.42. The molecule has 2 aliphatic rings. The van der Waals surface area contributed by atoms with E-state index in [9.17, 15) is 18.7 Å². The van der Waals surface area contributed by atoms with Crippen LogP contribution in [0.5, 0.6) is 11.8 Å². The summed E-state index contributed by atoms with van der Waals surface area (Å²) < 4.78 is 38.6. The molecule has 0 spiro atoms. The van der Waals surface area contributed by atoms with Gasteiger partial charge in [-0.2, -0.15) is 4.98 Å². The second-order valence-electron chi connectivity index (χ2n) is 7.99. The number of anilines is 2. The fraction of sp³-hybridized carbons (Fsp3) is 0.455. The number of halogens is 2. The number of nitrogens with zero attached hydrogens (tertiary/aromatic N) is 1. The van der Waals surface area contributed by atoms with Gasteiger partial charge in [0.15, 0.2) is 17.3 Å². The van der Waals surface area contributed by atoms with E-state index in [2.05, 4.69) is 15.6 Å². The Hall–Kier alpha value is -3.10. The molecule has 0 bridgehead atoms. The number of aromatic nitrogens is 1. The molecule has 1 aliphatic carbocycles. The normalized spacial score (nSPS) is 18.5. The average Bonchev–Trinajstić information content (AvgIpc) is 3.12. The Labute approximate surface area is 178 Å². The number of fused-ring (bicyclic) bond motifs is 1. The average molecular weight is 433 g/mol. The zero-order valence-electron chi connectivity index (χ0n) is 17.4. The fourth-order valence-electron chi connectivity index (χ4n) is 4.87. The number of carboxylic acid groups (broad SMARTS) is 1. The van der Waals surface area contributed by atoms with Crippen molar-refractivity contribution in [3.63, 3.8) is 0 Å². The molecule has 166 valence electrons. The van der Waals surface area contributed by atoms with Crippen molar-refractivity contribution in [1.82, 2.24) is 4.98 Å². The SMILES string of the molecule is COc1ccc(C2(C(C(=O)O)C3CCCCC3)Nc3cc(F)c(F)cc3N2)c(OC)n1. The molecule has 31 heavy (non-hydrogen) atoms. The number of ether oxygens (including phenoxy) is 2. The summed E-state index contributed by atoms with van der Waals surface area (Å²) in [6.45, 7) is 0. The molecular formula is C22H25F2N3O4. The summed E-state index contributed by atoms with van der Waals surface area (Å²) in [5.74, 6) is -3.69. The van der Waals surface area contributed by atoms with E-state index in [0.29, 0.717) is 11.4 Å². The lowest BCUT2D eigenvalue weighted by atomic mass is 9.71. The number of hydrogen-bond acceptors (Lipinski definition) is 6. The van der Waals surface area contributed by atoms with Crippen LogP contribution in [0.25, 0.3) is 0 Å². The van der Waals surface area contributed by atoms with Crippen LogP contribution in [0.15, 0.2) is 24.3 Å². The van der Waals surface area contributed by atoms with E-state index in [0.717, 1.165) is 44.2 Å². The maximum Gasteiger partial charge on any atom is 0.311 e. The molecule has 7 nitrogen and oxygen atoms in total. The van der Waals surface area contributed by atoms with Crippen LogP contribution in [-0.4, -0.2) is 30.3 Å². The number of rotatable bonds is 6. The van der Waals surface area contributed by atoms with Gasteiger partial charge >= 0.3 is 5.97 Å². The number of nitrogens with one attached hydrogen (secondary N) is 2. The Bertz CT molecular complexity index is 964. The molecule has 1 fully saturated rings. The number of pyridine rings is 1. The molecule has 1 atom stereocenters. The lowest BCUT2D eigenvalue weighted by Crippen LogP contribution is -2.53. The van der Waals surface area contributed by atoms with Crippen molar-refractivity contribution in [3.8, 4) is 11.8 Å². The third kappa shape index (κ3) is 3.62. The Morgan fingerprint density at radius 1 is 1.10 bits per heavy atom. The quantitative estimate of drug-likeness (QED) is 0.624. The minimum atomic E-state index is -1.42. The van der Waals surface area contributed by atoms with Gasteiger partial charge in [0.05, 0.1) is 31.2 Å². The third-order valence-electron chi connectivity index (χ3n) is 6.24. The van der Waals surface area contributed by atoms with Crippen LogP contribution in [-0.2, 0) is 10.5 Å². The summed E-state index contributed by atoms with van der Waals surface area (Å²) in [6, 6.07) is 5.33. The van der Waals surface area contributed by atoms with Crippen LogP contribution in [0.2, 0.25) is 0 Å². The standard InChI is InChI=1S/C22H25F2N3O4/c1-30-18-9-8-13(20(25-18)31-2)22(19(21(28)29)12-6-4-3-5-7-12)26-16-10-14(23)15(24)11-17(16)27-22/h8-12,19,26-27H,3-7H2,1-2H3,(H,28,29). The Balaban J connectivity index is 1.90. The molecule has 9 heteroatoms. The highest BCUT2D eigenvalue weighted by atomic mass is 19.2. The predicted octanol–water partition coefficient (Wildman–Crippen LogP) is 4.35. The van der Waals surface area contributed by atoms with E-state index in [4.69, 9.17) is 9.47 Å². The number of carbonyl (C=O) groups is 1. The first-order valence-electron chi connectivity index (χ1n) is 10.3. The van der Waals surface area contributed by atoms with Gasteiger partial charge in [-0.25, -0.2) is 8.78 Å². The van der Waals surface area contributed by atoms with Gasteiger partial charge in [0.2, 0.25) is 11.8 Å². The zero-order valence-corrected chi connectivity index (χ0v) is 17.4. The van der Waals surface area contributed by atoms with Gasteiger partial charge in [-0.05, 0) is 24.8 Å². The van der Waals surface area contributed by atoms with Crippen molar-refractivity contribution in [2.24, 2.45) is 11.8 Å². The minimum absolute atomic E-state index is 0.151. The second kappa shape index (κ2) is 8.20. The molecule has 2 heterocycles. The highest BCUT2D eigenvalue weighted by Gasteiger charge is 2.54. The predicted molar refractivity (Wildman–Crippen MR) is 110 cm³/mol. The van der Waals surface area contributed by atoms with Crippen molar-refractivity contribution < 1.29 is 28.2 Å². The van der Waals surface area contributed by atoms with Gasteiger partial charge in [0.25, 0.3) is 0 Å². The van der Waals surface area contributed by atoms with E-state index in [-0.39, 0.29) is 23.2 Å². The highest BCUT2D eigenvalue weighted by molar-refractivity contribution is 5.83. The van der Waals surface area contributed by atoms with Gasteiger partial charge in [-0.1, -0.05) is 19.3 Å². The van der Waals surface area contributed by atoms with Gasteiger partial charge in [0.1, 0.15) is 5.92 Å². The smallest absolute Gasteiger partial charge is 0.311 e. The molecule has 0 radical (unpaired) electrons. The first kappa shape index (κ1) is 21.1. The van der Waals surface area contributed by atoms with Crippen LogP contribution in [0.3, 0.4) is 0 Å². The Morgan fingerprint density at radius 3 is 2.23 bits per heavy atom. The molecule has 4 rings (SSSR count). The summed E-state index contributed by atoms with van der Waals surface area (Å²) in [5.41, 5.74) is -0.440. The largest absolute Gasteiger partial charge is 0.481 e. The fourth-order valence-corrected chi connectivity index (χ4v) is 4.87. The molecule has 1 aromatic carbocycles. The lowest BCUT2D eigenvalue weighted by molar-refractivity contribution is -0.146. The zero-order chi connectivity index (χ0) is 22.2. The molecule has 1 aliphatic heterocycles. The molecule has 1 saturated carbocycles. The van der Waals surface area contributed by atoms with Gasteiger partial charge in [-0.3, -0.25) is 4.79 Å². The number of methoxy groups -OCH3 is 2. The number of aliphatic carboxylic acids is 1. The van der Waals surface area contributed by atoms with Crippen LogP contribution < -0.4 is 20.1 Å². The Morgan fingerprint density at radius 2 is 1.71 bits per heavy atom. The first-order chi connectivity index (χ1) is 14.9. The van der Waals surface area contributed by atoms with Crippen molar-refractivity contribution in [3.05, 3.63) is 41.5 Å². The molecule has 1 unspecified atom stereocenters. The molecule has 1 aromatic heterocycles. The topological polar surface area (TPSA) is 92.7 Å². The summed E-state index contributed by atoms with van der Waals surface area (Å²) in [4.78, 5) is 17.0. The van der Waals surface area contributed by atoms with Crippen molar-refractivity contribution in [2.45, 2.75) is 37.8 Å². The van der Waals surface area contributed by atoms with E-state index in [1.165, 1.54) is 14.2 Å². The van der Waals surface area contributed by atoms with Crippen LogP contribution in [0.4, 0.5) is 20.2 Å². The van der Waals surface area contributed by atoms with Crippen molar-refractivity contribution in [1.29, 1.82) is 0 Å². The maximum absolute atomic E-state index is 14.0. The van der Waals surface area contributed by atoms with Crippen LogP contribution in [0, 0.1) is 23.5 Å². The third-order valence-corrected chi connectivity index (χ3v) is 6.24. The van der Waals surface area contributed by atoms with E-state index in [1.807, 2.05) is 0 Å². The number of benzene rings is 1. The first-order valence-corrected chi connectivity index (χ1v) is 10.3. The van der Waals surface area contributed by atoms with Gasteiger partial charge in [-0.15, -0.1) is 0 Å². The summed E-state index contributed by atoms with van der Waals surface area (Å²) in [6.07, 6.45) is 4.40. The molecule has 3 N–H and O–H groups in total. The minimum Gasteiger partial charge on any atom is -0.481 e. The second-order valence-corrected chi connectivity index (χ2v) is 7.99. The molecule has 0 amide bonds. The number of hydrogen-bond donors (Lipinski definition) is 3.